The number of piperazine rings is 1. The molecule has 0 unspecified atom stereocenters. The van der Waals surface area contributed by atoms with Crippen molar-refractivity contribution in [1.29, 1.82) is 0 Å². The summed E-state index contributed by atoms with van der Waals surface area (Å²) in [4.78, 5) is 27.0. The van der Waals surface area contributed by atoms with Crippen LogP contribution >= 0.6 is 11.6 Å². The highest BCUT2D eigenvalue weighted by molar-refractivity contribution is 6.33. The van der Waals surface area contributed by atoms with Gasteiger partial charge in [-0.05, 0) is 39.0 Å². The molecule has 0 atom stereocenters. The average molecular weight is 340 g/mol. The maximum absolute atomic E-state index is 12.1. The maximum Gasteiger partial charge on any atom is 0.410 e. The zero-order chi connectivity index (χ0) is 17.2. The van der Waals surface area contributed by atoms with Gasteiger partial charge in [0.25, 0.3) is 0 Å². The number of nitrogens with two attached hydrogens (primary N) is 1. The Balaban J connectivity index is 1.99. The van der Waals surface area contributed by atoms with E-state index in [2.05, 4.69) is 4.90 Å². The van der Waals surface area contributed by atoms with Crippen molar-refractivity contribution in [3.8, 4) is 0 Å². The van der Waals surface area contributed by atoms with E-state index in [1.807, 2.05) is 20.8 Å². The Kier molecular flexibility index (Phi) is 5.04. The van der Waals surface area contributed by atoms with Gasteiger partial charge in [-0.25, -0.2) is 4.79 Å². The molecule has 1 aliphatic heterocycles. The average Bonchev–Trinajstić information content (AvgIpc) is 2.45. The quantitative estimate of drug-likeness (QED) is 0.898. The first kappa shape index (κ1) is 17.4. The topological polar surface area (TPSA) is 75.9 Å². The van der Waals surface area contributed by atoms with E-state index < -0.39 is 11.5 Å². The summed E-state index contributed by atoms with van der Waals surface area (Å²) < 4.78 is 5.37. The Morgan fingerprint density at radius 2 is 1.78 bits per heavy atom. The predicted octanol–water partition coefficient (Wildman–Crippen LogP) is 2.50. The molecule has 2 amide bonds. The number of amides is 2. The molecule has 0 bridgehead atoms. The number of halogens is 1. The van der Waals surface area contributed by atoms with Gasteiger partial charge < -0.3 is 20.3 Å². The Labute approximate surface area is 141 Å². The molecular formula is C16H22ClN3O3. The Bertz CT molecular complexity index is 605. The molecule has 126 valence electrons. The minimum atomic E-state index is -0.506. The first-order chi connectivity index (χ1) is 10.7. The monoisotopic (exact) mass is 339 g/mol. The Morgan fingerprint density at radius 1 is 1.17 bits per heavy atom. The molecule has 2 rings (SSSR count). The molecule has 0 spiro atoms. The third kappa shape index (κ3) is 4.51. The van der Waals surface area contributed by atoms with Crippen LogP contribution in [0.5, 0.6) is 0 Å². The molecule has 0 aromatic heterocycles. The fourth-order valence-corrected chi connectivity index (χ4v) is 2.67. The van der Waals surface area contributed by atoms with Crippen LogP contribution < -0.4 is 10.6 Å². The molecule has 1 fully saturated rings. The summed E-state index contributed by atoms with van der Waals surface area (Å²) >= 11 is 6.24. The summed E-state index contributed by atoms with van der Waals surface area (Å²) in [6.45, 7) is 7.96. The van der Waals surface area contributed by atoms with E-state index >= 15 is 0 Å². The van der Waals surface area contributed by atoms with E-state index in [9.17, 15) is 9.59 Å². The number of benzene rings is 1. The predicted molar refractivity (Wildman–Crippen MR) is 90.0 cm³/mol. The van der Waals surface area contributed by atoms with Crippen molar-refractivity contribution >= 4 is 29.3 Å². The molecule has 7 heteroatoms. The van der Waals surface area contributed by atoms with Crippen LogP contribution in [0.2, 0.25) is 5.02 Å². The highest BCUT2D eigenvalue weighted by Gasteiger charge is 2.26. The van der Waals surface area contributed by atoms with Gasteiger partial charge in [0.15, 0.2) is 0 Å². The molecule has 1 aromatic carbocycles. The summed E-state index contributed by atoms with van der Waals surface area (Å²) in [5.41, 5.74) is 5.96. The van der Waals surface area contributed by atoms with Crippen molar-refractivity contribution in [2.24, 2.45) is 5.73 Å². The Morgan fingerprint density at radius 3 is 2.26 bits per heavy atom. The van der Waals surface area contributed by atoms with Crippen molar-refractivity contribution in [1.82, 2.24) is 4.90 Å². The molecule has 0 radical (unpaired) electrons. The third-order valence-electron chi connectivity index (χ3n) is 3.50. The molecule has 0 saturated carbocycles. The van der Waals surface area contributed by atoms with Crippen LogP contribution in [-0.2, 0) is 4.74 Å². The SMILES string of the molecule is CC(C)(C)OC(=O)N1CCN(c2ccc(C(N)=O)cc2Cl)CC1. The highest BCUT2D eigenvalue weighted by Crippen LogP contribution is 2.28. The zero-order valence-corrected chi connectivity index (χ0v) is 14.4. The lowest BCUT2D eigenvalue weighted by Crippen LogP contribution is -2.50. The minimum Gasteiger partial charge on any atom is -0.444 e. The van der Waals surface area contributed by atoms with Gasteiger partial charge in [0.05, 0.1) is 10.7 Å². The van der Waals surface area contributed by atoms with Crippen LogP contribution in [0.4, 0.5) is 10.5 Å². The van der Waals surface area contributed by atoms with Crippen LogP contribution in [0.3, 0.4) is 0 Å². The number of hydrogen-bond acceptors (Lipinski definition) is 4. The van der Waals surface area contributed by atoms with E-state index in [-0.39, 0.29) is 6.09 Å². The second-order valence-electron chi connectivity index (χ2n) is 6.48. The first-order valence-corrected chi connectivity index (χ1v) is 7.87. The van der Waals surface area contributed by atoms with Crippen molar-refractivity contribution in [2.75, 3.05) is 31.1 Å². The molecule has 23 heavy (non-hydrogen) atoms. The smallest absolute Gasteiger partial charge is 0.410 e. The van der Waals surface area contributed by atoms with Crippen molar-refractivity contribution in [2.45, 2.75) is 26.4 Å². The number of primary amides is 1. The van der Waals surface area contributed by atoms with Crippen LogP contribution in [0, 0.1) is 0 Å². The molecule has 2 N–H and O–H groups in total. The normalized spacial score (nSPS) is 15.5. The fraction of sp³-hybridized carbons (Fsp3) is 0.500. The molecule has 1 aliphatic rings. The van der Waals surface area contributed by atoms with Gasteiger partial charge in [-0.15, -0.1) is 0 Å². The molecule has 0 aliphatic carbocycles. The van der Waals surface area contributed by atoms with Crippen molar-refractivity contribution in [3.63, 3.8) is 0 Å². The van der Waals surface area contributed by atoms with Crippen LogP contribution in [0.1, 0.15) is 31.1 Å². The van der Waals surface area contributed by atoms with E-state index in [0.29, 0.717) is 36.8 Å². The van der Waals surface area contributed by atoms with E-state index in [1.165, 1.54) is 0 Å². The van der Waals surface area contributed by atoms with Crippen molar-refractivity contribution in [3.05, 3.63) is 28.8 Å². The van der Waals surface area contributed by atoms with Crippen LogP contribution in [0.25, 0.3) is 0 Å². The number of rotatable bonds is 2. The van der Waals surface area contributed by atoms with Gasteiger partial charge in [-0.2, -0.15) is 0 Å². The largest absolute Gasteiger partial charge is 0.444 e. The van der Waals surface area contributed by atoms with Gasteiger partial charge in [-0.1, -0.05) is 11.6 Å². The van der Waals surface area contributed by atoms with Crippen LogP contribution in [-0.4, -0.2) is 48.7 Å². The van der Waals surface area contributed by atoms with E-state index in [0.717, 1.165) is 5.69 Å². The van der Waals surface area contributed by atoms with E-state index in [4.69, 9.17) is 22.1 Å². The summed E-state index contributed by atoms with van der Waals surface area (Å²) in [6, 6.07) is 5.01. The zero-order valence-electron chi connectivity index (χ0n) is 13.6. The van der Waals surface area contributed by atoms with Crippen molar-refractivity contribution < 1.29 is 14.3 Å². The minimum absolute atomic E-state index is 0.299. The van der Waals surface area contributed by atoms with Gasteiger partial charge in [0.1, 0.15) is 5.60 Å². The van der Waals surface area contributed by atoms with Gasteiger partial charge in [0.2, 0.25) is 5.91 Å². The summed E-state index contributed by atoms with van der Waals surface area (Å²) in [7, 11) is 0. The molecule has 1 aromatic rings. The van der Waals surface area contributed by atoms with Gasteiger partial charge in [0, 0.05) is 31.7 Å². The highest BCUT2D eigenvalue weighted by atomic mass is 35.5. The number of carbonyl (C=O) groups excluding carboxylic acids is 2. The fourth-order valence-electron chi connectivity index (χ4n) is 2.37. The lowest BCUT2D eigenvalue weighted by molar-refractivity contribution is 0.0240. The van der Waals surface area contributed by atoms with Gasteiger partial charge in [-0.3, -0.25) is 4.79 Å². The first-order valence-electron chi connectivity index (χ1n) is 7.49. The molecule has 1 heterocycles. The summed E-state index contributed by atoms with van der Waals surface area (Å²) in [5.74, 6) is -0.506. The Hall–Kier alpha value is -1.95. The molecular weight excluding hydrogens is 318 g/mol. The number of nitrogens with zero attached hydrogens (tertiary/aromatic N) is 2. The number of ether oxygens (including phenoxy) is 1. The maximum atomic E-state index is 12.1. The standard InChI is InChI=1S/C16H22ClN3O3/c1-16(2,3)23-15(22)20-8-6-19(7-9-20)13-5-4-11(14(18)21)10-12(13)17/h4-5,10H,6-9H2,1-3H3,(H2,18,21). The lowest BCUT2D eigenvalue weighted by Gasteiger charge is -2.37. The molecule has 1 saturated heterocycles. The summed E-state index contributed by atoms with van der Waals surface area (Å²) in [6.07, 6.45) is -0.299. The van der Waals surface area contributed by atoms with E-state index in [1.54, 1.807) is 23.1 Å². The number of anilines is 1. The summed E-state index contributed by atoms with van der Waals surface area (Å²) in [5, 5.41) is 0.479. The second kappa shape index (κ2) is 6.66. The molecule has 6 nitrogen and oxygen atoms in total. The van der Waals surface area contributed by atoms with Crippen LogP contribution in [0.15, 0.2) is 18.2 Å². The number of carbonyl (C=O) groups is 2. The second-order valence-corrected chi connectivity index (χ2v) is 6.89. The van der Waals surface area contributed by atoms with Gasteiger partial charge >= 0.3 is 6.09 Å². The lowest BCUT2D eigenvalue weighted by atomic mass is 10.1. The third-order valence-corrected chi connectivity index (χ3v) is 3.81. The number of hydrogen-bond donors (Lipinski definition) is 1.